The summed E-state index contributed by atoms with van der Waals surface area (Å²) in [5, 5.41) is 1.68. The van der Waals surface area contributed by atoms with E-state index in [2.05, 4.69) is 14.6 Å². The molecular weight excluding hydrogens is 460 g/mol. The second-order valence-corrected chi connectivity index (χ2v) is 9.57. The fraction of sp³-hybridized carbons (Fsp3) is 0.167. The van der Waals surface area contributed by atoms with Crippen LogP contribution in [0.5, 0.6) is 0 Å². The average Bonchev–Trinajstić information content (AvgIpc) is 2.84. The van der Waals surface area contributed by atoms with Gasteiger partial charge in [-0.3, -0.25) is 14.5 Å². The zero-order valence-corrected chi connectivity index (χ0v) is 19.3. The first-order valence-corrected chi connectivity index (χ1v) is 12.3. The van der Waals surface area contributed by atoms with Crippen molar-refractivity contribution >= 4 is 45.0 Å². The highest BCUT2D eigenvalue weighted by molar-refractivity contribution is 7.95. The van der Waals surface area contributed by atoms with Crippen molar-refractivity contribution in [3.8, 4) is 0 Å². The van der Waals surface area contributed by atoms with Crippen LogP contribution in [-0.2, 0) is 10.0 Å². The second kappa shape index (κ2) is 10.1. The van der Waals surface area contributed by atoms with Crippen LogP contribution in [0.2, 0.25) is 5.02 Å². The predicted molar refractivity (Wildman–Crippen MR) is 132 cm³/mol. The van der Waals surface area contributed by atoms with Gasteiger partial charge in [0.05, 0.1) is 5.41 Å². The van der Waals surface area contributed by atoms with Crippen LogP contribution in [-0.4, -0.2) is 50.4 Å². The summed E-state index contributed by atoms with van der Waals surface area (Å²) in [5.41, 5.74) is 2.72. The third kappa shape index (κ3) is 6.12. The SMILES string of the molecule is O=C(c1ccc(NS(=O)(=O)/C=C/c2ccc(Cl)cc2)cc1)N1CCN(c2ccncc2)CC1. The number of halogens is 1. The molecule has 3 aromatic rings. The Morgan fingerprint density at radius 2 is 1.55 bits per heavy atom. The van der Waals surface area contributed by atoms with Gasteiger partial charge < -0.3 is 9.80 Å². The lowest BCUT2D eigenvalue weighted by Crippen LogP contribution is -2.48. The van der Waals surface area contributed by atoms with Gasteiger partial charge in [0.1, 0.15) is 0 Å². The Morgan fingerprint density at radius 1 is 0.909 bits per heavy atom. The van der Waals surface area contributed by atoms with Crippen molar-refractivity contribution in [3.05, 3.63) is 94.6 Å². The number of carbonyl (C=O) groups is 1. The summed E-state index contributed by atoms with van der Waals surface area (Å²) >= 11 is 5.84. The monoisotopic (exact) mass is 482 g/mol. The van der Waals surface area contributed by atoms with Gasteiger partial charge >= 0.3 is 0 Å². The fourth-order valence-electron chi connectivity index (χ4n) is 3.53. The Labute approximate surface area is 198 Å². The number of sulfonamides is 1. The number of benzene rings is 2. The van der Waals surface area contributed by atoms with E-state index in [-0.39, 0.29) is 5.91 Å². The Kier molecular flexibility index (Phi) is 6.96. The van der Waals surface area contributed by atoms with Crippen molar-refractivity contribution < 1.29 is 13.2 Å². The minimum atomic E-state index is -3.70. The molecule has 0 aliphatic carbocycles. The van der Waals surface area contributed by atoms with Gasteiger partial charge in [-0.05, 0) is 60.2 Å². The maximum absolute atomic E-state index is 12.9. The Balaban J connectivity index is 1.34. The molecule has 4 rings (SSSR count). The molecule has 2 aromatic carbocycles. The number of rotatable bonds is 6. The molecule has 1 aliphatic heterocycles. The van der Waals surface area contributed by atoms with Crippen molar-refractivity contribution in [2.24, 2.45) is 0 Å². The zero-order chi connectivity index (χ0) is 23.3. The average molecular weight is 483 g/mol. The number of aromatic nitrogens is 1. The number of hydrogen-bond acceptors (Lipinski definition) is 5. The quantitative estimate of drug-likeness (QED) is 0.571. The van der Waals surface area contributed by atoms with Gasteiger partial charge in [-0.1, -0.05) is 23.7 Å². The molecule has 7 nitrogen and oxygen atoms in total. The van der Waals surface area contributed by atoms with Gasteiger partial charge in [0.25, 0.3) is 15.9 Å². The van der Waals surface area contributed by atoms with Crippen LogP contribution in [0.15, 0.2) is 78.5 Å². The first-order valence-electron chi connectivity index (χ1n) is 10.4. The molecule has 9 heteroatoms. The summed E-state index contributed by atoms with van der Waals surface area (Å²) in [6.07, 6.45) is 5.01. The molecular formula is C24H23ClN4O3S. The lowest BCUT2D eigenvalue weighted by molar-refractivity contribution is 0.0747. The van der Waals surface area contributed by atoms with E-state index < -0.39 is 10.0 Å². The highest BCUT2D eigenvalue weighted by Gasteiger charge is 2.22. The van der Waals surface area contributed by atoms with E-state index in [1.165, 1.54) is 6.08 Å². The standard InChI is InChI=1S/C24H23ClN4O3S/c25-21-5-1-19(2-6-21)11-18-33(31,32)27-22-7-3-20(4-8-22)24(30)29-16-14-28(15-17-29)23-9-12-26-13-10-23/h1-13,18,27H,14-17H2/b18-11+. The molecule has 1 saturated heterocycles. The number of hydrogen-bond donors (Lipinski definition) is 1. The summed E-state index contributed by atoms with van der Waals surface area (Å²) in [4.78, 5) is 20.9. The van der Waals surface area contributed by atoms with Crippen molar-refractivity contribution in [1.29, 1.82) is 0 Å². The molecule has 1 aliphatic rings. The molecule has 1 N–H and O–H groups in total. The van der Waals surface area contributed by atoms with Crippen LogP contribution < -0.4 is 9.62 Å². The van der Waals surface area contributed by atoms with Gasteiger partial charge in [-0.2, -0.15) is 0 Å². The number of amides is 1. The van der Waals surface area contributed by atoms with E-state index in [0.717, 1.165) is 29.7 Å². The molecule has 0 spiro atoms. The number of pyridine rings is 1. The first-order chi connectivity index (χ1) is 15.9. The van der Waals surface area contributed by atoms with E-state index in [0.29, 0.717) is 29.4 Å². The van der Waals surface area contributed by atoms with Crippen LogP contribution in [0.1, 0.15) is 15.9 Å². The minimum Gasteiger partial charge on any atom is -0.368 e. The summed E-state index contributed by atoms with van der Waals surface area (Å²) in [6.45, 7) is 2.72. The number of carbonyl (C=O) groups excluding carboxylic acids is 1. The Hall–Kier alpha value is -3.36. The molecule has 0 saturated carbocycles. The van der Waals surface area contributed by atoms with Crippen LogP contribution >= 0.6 is 11.6 Å². The van der Waals surface area contributed by atoms with Crippen LogP contribution in [0.25, 0.3) is 6.08 Å². The lowest BCUT2D eigenvalue weighted by Gasteiger charge is -2.36. The van der Waals surface area contributed by atoms with Gasteiger partial charge in [0.2, 0.25) is 0 Å². The number of nitrogens with zero attached hydrogens (tertiary/aromatic N) is 3. The Bertz CT molecular complexity index is 1220. The summed E-state index contributed by atoms with van der Waals surface area (Å²) in [6, 6.07) is 17.2. The molecule has 1 fully saturated rings. The van der Waals surface area contributed by atoms with Gasteiger partial charge in [0, 0.05) is 60.5 Å². The van der Waals surface area contributed by atoms with Crippen molar-refractivity contribution in [2.75, 3.05) is 35.8 Å². The second-order valence-electron chi connectivity index (χ2n) is 7.56. The maximum atomic E-state index is 12.9. The third-order valence-electron chi connectivity index (χ3n) is 5.30. The molecule has 1 amide bonds. The summed E-state index contributed by atoms with van der Waals surface area (Å²) in [5.74, 6) is -0.0681. The van der Waals surface area contributed by atoms with E-state index in [9.17, 15) is 13.2 Å². The molecule has 170 valence electrons. The normalized spacial score (nSPS) is 14.5. The van der Waals surface area contributed by atoms with Crippen LogP contribution in [0, 0.1) is 0 Å². The molecule has 2 heterocycles. The van der Waals surface area contributed by atoms with Crippen molar-refractivity contribution in [2.45, 2.75) is 0 Å². The molecule has 33 heavy (non-hydrogen) atoms. The molecule has 0 unspecified atom stereocenters. The fourth-order valence-corrected chi connectivity index (χ4v) is 4.52. The first kappa shape index (κ1) is 22.8. The maximum Gasteiger partial charge on any atom is 0.255 e. The molecule has 0 radical (unpaired) electrons. The lowest BCUT2D eigenvalue weighted by atomic mass is 10.1. The van der Waals surface area contributed by atoms with Gasteiger partial charge in [-0.15, -0.1) is 0 Å². The zero-order valence-electron chi connectivity index (χ0n) is 17.8. The molecule has 0 atom stereocenters. The van der Waals surface area contributed by atoms with E-state index in [4.69, 9.17) is 11.6 Å². The third-order valence-corrected chi connectivity index (χ3v) is 6.56. The highest BCUT2D eigenvalue weighted by Crippen LogP contribution is 2.18. The smallest absolute Gasteiger partial charge is 0.255 e. The molecule has 0 bridgehead atoms. The molecule has 1 aromatic heterocycles. The predicted octanol–water partition coefficient (Wildman–Crippen LogP) is 4.11. The minimum absolute atomic E-state index is 0.0681. The van der Waals surface area contributed by atoms with Crippen LogP contribution in [0.3, 0.4) is 0 Å². The van der Waals surface area contributed by atoms with E-state index in [1.54, 1.807) is 60.9 Å². The van der Waals surface area contributed by atoms with Crippen molar-refractivity contribution in [1.82, 2.24) is 9.88 Å². The number of anilines is 2. The highest BCUT2D eigenvalue weighted by atomic mass is 35.5. The van der Waals surface area contributed by atoms with Crippen molar-refractivity contribution in [3.63, 3.8) is 0 Å². The Morgan fingerprint density at radius 3 is 2.18 bits per heavy atom. The van der Waals surface area contributed by atoms with Crippen LogP contribution in [0.4, 0.5) is 11.4 Å². The van der Waals surface area contributed by atoms with Gasteiger partial charge in [-0.25, -0.2) is 8.42 Å². The summed E-state index contributed by atoms with van der Waals surface area (Å²) in [7, 11) is -3.70. The topological polar surface area (TPSA) is 82.6 Å². The van der Waals surface area contributed by atoms with E-state index in [1.807, 2.05) is 17.0 Å². The largest absolute Gasteiger partial charge is 0.368 e. The summed E-state index contributed by atoms with van der Waals surface area (Å²) < 4.78 is 27.2. The number of piperazine rings is 1. The van der Waals surface area contributed by atoms with E-state index >= 15 is 0 Å². The van der Waals surface area contributed by atoms with Gasteiger partial charge in [0.15, 0.2) is 0 Å². The number of nitrogens with one attached hydrogen (secondary N) is 1.